The molecule has 0 spiro atoms. The van der Waals surface area contributed by atoms with Crippen LogP contribution in [0.3, 0.4) is 0 Å². The predicted octanol–water partition coefficient (Wildman–Crippen LogP) is 3.60. The van der Waals surface area contributed by atoms with Crippen molar-refractivity contribution in [2.45, 2.75) is 26.2 Å². The average Bonchev–Trinajstić information content (AvgIpc) is 2.99. The highest BCUT2D eigenvalue weighted by molar-refractivity contribution is 8.13. The van der Waals surface area contributed by atoms with Gasteiger partial charge in [0.25, 0.3) is 0 Å². The smallest absolute Gasteiger partial charge is 0.212 e. The summed E-state index contributed by atoms with van der Waals surface area (Å²) in [5.74, 6) is -0.423. The van der Waals surface area contributed by atoms with Gasteiger partial charge in [-0.05, 0) is 30.7 Å². The lowest BCUT2D eigenvalue weighted by Crippen LogP contribution is -2.14. The van der Waals surface area contributed by atoms with Gasteiger partial charge in [-0.1, -0.05) is 18.7 Å². The van der Waals surface area contributed by atoms with Gasteiger partial charge in [0.05, 0.1) is 17.0 Å². The van der Waals surface area contributed by atoms with Crippen LogP contribution < -0.4 is 0 Å². The van der Waals surface area contributed by atoms with Crippen molar-refractivity contribution in [2.75, 3.05) is 5.75 Å². The number of pyridine rings is 1. The molecule has 0 saturated carbocycles. The largest absolute Gasteiger partial charge is 0.507 e. The number of carbonyl (C=O) groups is 2. The molecule has 8 heteroatoms. The van der Waals surface area contributed by atoms with E-state index in [4.69, 9.17) is 0 Å². The molecule has 1 N–H and O–H groups in total. The number of fused-ring (bicyclic) bond motifs is 1. The highest BCUT2D eigenvalue weighted by Crippen LogP contribution is 2.33. The molecular formula is C17H15FN2O3S2. The van der Waals surface area contributed by atoms with E-state index in [0.29, 0.717) is 39.7 Å². The molecule has 0 atom stereocenters. The third kappa shape index (κ3) is 3.80. The Labute approximate surface area is 152 Å². The molecule has 0 saturated heterocycles. The molecule has 0 bridgehead atoms. The van der Waals surface area contributed by atoms with E-state index in [1.165, 1.54) is 35.4 Å². The first kappa shape index (κ1) is 17.8. The molecule has 25 heavy (non-hydrogen) atoms. The van der Waals surface area contributed by atoms with E-state index >= 15 is 0 Å². The zero-order valence-electron chi connectivity index (χ0n) is 13.4. The van der Waals surface area contributed by atoms with E-state index in [0.717, 1.165) is 6.07 Å². The van der Waals surface area contributed by atoms with Crippen LogP contribution in [-0.2, 0) is 17.6 Å². The quantitative estimate of drug-likeness (QED) is 0.497. The van der Waals surface area contributed by atoms with Crippen molar-refractivity contribution in [3.05, 3.63) is 51.0 Å². The van der Waals surface area contributed by atoms with Crippen molar-refractivity contribution in [3.63, 3.8) is 0 Å². The van der Waals surface area contributed by atoms with E-state index in [1.54, 1.807) is 0 Å². The molecule has 3 rings (SSSR count). The minimum absolute atomic E-state index is 0.0250. The summed E-state index contributed by atoms with van der Waals surface area (Å²) in [5, 5.41) is 11.0. The maximum Gasteiger partial charge on any atom is 0.212 e. The van der Waals surface area contributed by atoms with E-state index in [1.807, 2.05) is 6.92 Å². The minimum Gasteiger partial charge on any atom is -0.507 e. The number of aryl methyl sites for hydroxylation is 1. The number of thioether (sulfide) groups is 1. The highest BCUT2D eigenvalue weighted by Gasteiger charge is 2.29. The van der Waals surface area contributed by atoms with E-state index in [2.05, 4.69) is 9.97 Å². The van der Waals surface area contributed by atoms with Gasteiger partial charge in [0.15, 0.2) is 5.12 Å². The molecule has 0 fully saturated rings. The molecular weight excluding hydrogens is 363 g/mol. The van der Waals surface area contributed by atoms with Gasteiger partial charge in [0.1, 0.15) is 10.8 Å². The fourth-order valence-electron chi connectivity index (χ4n) is 2.57. The van der Waals surface area contributed by atoms with Gasteiger partial charge in [-0.25, -0.2) is 9.97 Å². The Bertz CT molecular complexity index is 859. The molecule has 0 aliphatic heterocycles. The van der Waals surface area contributed by atoms with E-state index < -0.39 is 5.95 Å². The van der Waals surface area contributed by atoms with Crippen LogP contribution in [0.1, 0.15) is 39.3 Å². The van der Waals surface area contributed by atoms with Crippen molar-refractivity contribution in [2.24, 2.45) is 0 Å². The number of thiazole rings is 1. The normalized spacial score (nSPS) is 15.8. The number of carbonyl (C=O) groups excluding carboxylic acids is 2. The molecule has 2 aromatic heterocycles. The van der Waals surface area contributed by atoms with Gasteiger partial charge < -0.3 is 5.11 Å². The van der Waals surface area contributed by atoms with Crippen LogP contribution in [0.25, 0.3) is 5.76 Å². The molecule has 0 unspecified atom stereocenters. The predicted molar refractivity (Wildman–Crippen MR) is 95.4 cm³/mol. The third-order valence-electron chi connectivity index (χ3n) is 3.72. The number of hydrogen-bond donors (Lipinski definition) is 1. The number of hydrogen-bond acceptors (Lipinski definition) is 7. The van der Waals surface area contributed by atoms with Gasteiger partial charge in [-0.2, -0.15) is 4.39 Å². The van der Waals surface area contributed by atoms with E-state index in [-0.39, 0.29) is 28.7 Å². The number of aromatic nitrogens is 2. The number of allylic oxidation sites excluding steroid dienone is 1. The summed E-state index contributed by atoms with van der Waals surface area (Å²) in [5.41, 5.74) is 1.24. The Morgan fingerprint density at radius 1 is 1.40 bits per heavy atom. The number of ketones is 1. The molecule has 130 valence electrons. The molecule has 1 aliphatic carbocycles. The second kappa shape index (κ2) is 7.45. The number of nitrogens with zero attached hydrogens (tertiary/aromatic N) is 2. The van der Waals surface area contributed by atoms with Crippen LogP contribution in [0, 0.1) is 5.95 Å². The molecule has 2 aromatic rings. The Hall–Kier alpha value is -2.06. The maximum absolute atomic E-state index is 12.9. The first-order chi connectivity index (χ1) is 12.0. The SMILES string of the molecule is CCSC(=O)Cc1nc2c(s1)C(=O)/C(=C(\O)c1ccc(F)nc1)CC2. The number of halogens is 1. The van der Waals surface area contributed by atoms with Crippen molar-refractivity contribution >= 4 is 39.8 Å². The third-order valence-corrected chi connectivity index (χ3v) is 5.57. The fraction of sp³-hybridized carbons (Fsp3) is 0.294. The van der Waals surface area contributed by atoms with Crippen molar-refractivity contribution < 1.29 is 19.1 Å². The topological polar surface area (TPSA) is 80.2 Å². The van der Waals surface area contributed by atoms with Crippen molar-refractivity contribution in [1.29, 1.82) is 0 Å². The number of aliphatic hydroxyl groups is 1. The summed E-state index contributed by atoms with van der Waals surface area (Å²) in [4.78, 5) is 32.8. The maximum atomic E-state index is 12.9. The molecule has 2 heterocycles. The minimum atomic E-state index is -0.652. The average molecular weight is 378 g/mol. The lowest BCUT2D eigenvalue weighted by Gasteiger charge is -2.14. The van der Waals surface area contributed by atoms with Crippen LogP contribution >= 0.6 is 23.1 Å². The van der Waals surface area contributed by atoms with Gasteiger partial charge in [0.2, 0.25) is 11.7 Å². The second-order valence-corrected chi connectivity index (χ2v) is 7.80. The number of Topliss-reactive ketones (excluding diaryl/α,β-unsaturated/α-hetero) is 1. The first-order valence-electron chi connectivity index (χ1n) is 7.72. The monoisotopic (exact) mass is 378 g/mol. The van der Waals surface area contributed by atoms with Crippen molar-refractivity contribution in [3.8, 4) is 0 Å². The Morgan fingerprint density at radius 3 is 2.88 bits per heavy atom. The summed E-state index contributed by atoms with van der Waals surface area (Å²) >= 11 is 2.43. The fourth-order valence-corrected chi connectivity index (χ4v) is 4.30. The summed E-state index contributed by atoms with van der Waals surface area (Å²) in [6.07, 6.45) is 2.26. The first-order valence-corrected chi connectivity index (χ1v) is 9.52. The van der Waals surface area contributed by atoms with Crippen LogP contribution in [0.4, 0.5) is 4.39 Å². The Kier molecular flexibility index (Phi) is 5.29. The molecule has 5 nitrogen and oxygen atoms in total. The van der Waals surface area contributed by atoms with Gasteiger partial charge in [-0.3, -0.25) is 9.59 Å². The molecule has 0 amide bonds. The van der Waals surface area contributed by atoms with Gasteiger partial charge in [0, 0.05) is 17.3 Å². The van der Waals surface area contributed by atoms with Crippen molar-refractivity contribution in [1.82, 2.24) is 9.97 Å². The molecule has 0 radical (unpaired) electrons. The second-order valence-electron chi connectivity index (χ2n) is 5.39. The summed E-state index contributed by atoms with van der Waals surface area (Å²) in [6.45, 7) is 1.91. The summed E-state index contributed by atoms with van der Waals surface area (Å²) in [7, 11) is 0. The summed E-state index contributed by atoms with van der Waals surface area (Å²) in [6, 6.07) is 2.51. The lowest BCUT2D eigenvalue weighted by molar-refractivity contribution is -0.110. The van der Waals surface area contributed by atoms with E-state index in [9.17, 15) is 19.1 Å². The Morgan fingerprint density at radius 2 is 2.20 bits per heavy atom. The van der Waals surface area contributed by atoms with Crippen LogP contribution in [0.15, 0.2) is 23.9 Å². The van der Waals surface area contributed by atoms with Crippen LogP contribution in [-0.4, -0.2) is 31.7 Å². The number of aliphatic hydroxyl groups excluding tert-OH is 1. The van der Waals surface area contributed by atoms with Gasteiger partial charge in [-0.15, -0.1) is 11.3 Å². The molecule has 1 aliphatic rings. The molecule has 0 aromatic carbocycles. The highest BCUT2D eigenvalue weighted by atomic mass is 32.2. The standard InChI is InChI=1S/C17H15FN2O3S2/c1-2-24-14(21)7-13-20-11-5-4-10(16(23)17(11)25-13)15(22)9-3-6-12(18)19-8-9/h3,6,8,22H,2,4-5,7H2,1H3/b15-10-. The van der Waals surface area contributed by atoms with Crippen LogP contribution in [0.2, 0.25) is 0 Å². The lowest BCUT2D eigenvalue weighted by atomic mass is 9.93. The zero-order valence-corrected chi connectivity index (χ0v) is 15.0. The summed E-state index contributed by atoms with van der Waals surface area (Å²) < 4.78 is 12.9. The Balaban J connectivity index is 1.88. The number of rotatable bonds is 4. The van der Waals surface area contributed by atoms with Crippen LogP contribution in [0.5, 0.6) is 0 Å². The van der Waals surface area contributed by atoms with Gasteiger partial charge >= 0.3 is 0 Å². The zero-order chi connectivity index (χ0) is 18.0.